The Morgan fingerprint density at radius 1 is 0.656 bits per heavy atom. The molecule has 1 aliphatic rings. The lowest BCUT2D eigenvalue weighted by molar-refractivity contribution is -0.146. The fraction of sp³-hybridized carbons (Fsp3) is 0.585. The van der Waals surface area contributed by atoms with E-state index in [1.807, 2.05) is 6.92 Å². The number of nitrogens with zero attached hydrogens (tertiary/aromatic N) is 4. The Hall–Kier alpha value is -5.73. The van der Waals surface area contributed by atoms with Crippen molar-refractivity contribution in [3.8, 4) is 0 Å². The van der Waals surface area contributed by atoms with Gasteiger partial charge in [0.2, 0.25) is 11.8 Å². The summed E-state index contributed by atoms with van der Waals surface area (Å²) < 4.78 is 0. The van der Waals surface area contributed by atoms with Crippen LogP contribution in [-0.4, -0.2) is 169 Å². The number of benzene rings is 1. The van der Waals surface area contributed by atoms with Gasteiger partial charge in [-0.1, -0.05) is 46.8 Å². The number of carboxylic acids is 5. The van der Waals surface area contributed by atoms with Gasteiger partial charge in [-0.3, -0.25) is 62.8 Å². The predicted molar refractivity (Wildman–Crippen MR) is 219 cm³/mol. The van der Waals surface area contributed by atoms with E-state index in [9.17, 15) is 68.7 Å². The van der Waals surface area contributed by atoms with Gasteiger partial charge < -0.3 is 36.2 Å². The number of carboxylic acid groups (broad SMARTS) is 5. The molecule has 61 heavy (non-hydrogen) atoms. The molecule has 2 atom stereocenters. The van der Waals surface area contributed by atoms with Crippen molar-refractivity contribution in [2.75, 3.05) is 64.2 Å². The largest absolute Gasteiger partial charge is 0.480 e. The summed E-state index contributed by atoms with van der Waals surface area (Å²) in [6, 6.07) is 5.61. The van der Waals surface area contributed by atoms with Crippen LogP contribution in [0.5, 0.6) is 0 Å². The maximum Gasteiger partial charge on any atom is 0.317 e. The zero-order chi connectivity index (χ0) is 46.5. The molecule has 20 nitrogen and oxygen atoms in total. The first-order valence-electron chi connectivity index (χ1n) is 19.6. The summed E-state index contributed by atoms with van der Waals surface area (Å²) >= 11 is 0. The fourth-order valence-corrected chi connectivity index (χ4v) is 7.65. The van der Waals surface area contributed by atoms with E-state index < -0.39 is 96.8 Å². The topological polar surface area (TPSA) is 292 Å². The van der Waals surface area contributed by atoms with E-state index in [0.717, 1.165) is 14.7 Å². The van der Waals surface area contributed by atoms with E-state index in [1.165, 1.54) is 17.1 Å². The van der Waals surface area contributed by atoms with Crippen LogP contribution in [0.3, 0.4) is 0 Å². The van der Waals surface area contributed by atoms with E-state index in [0.29, 0.717) is 17.7 Å². The van der Waals surface area contributed by atoms with Crippen molar-refractivity contribution in [2.45, 2.75) is 79.3 Å². The molecule has 0 aliphatic carbocycles. The summed E-state index contributed by atoms with van der Waals surface area (Å²) in [7, 11) is 0. The zero-order valence-corrected chi connectivity index (χ0v) is 35.8. The highest BCUT2D eigenvalue weighted by Crippen LogP contribution is 2.34. The molecular formula is C41H60N6O14. The summed E-state index contributed by atoms with van der Waals surface area (Å²) in [4.78, 5) is 114. The van der Waals surface area contributed by atoms with E-state index >= 15 is 0 Å². The lowest BCUT2D eigenvalue weighted by Crippen LogP contribution is -2.52. The number of carbonyl (C=O) groups excluding carboxylic acids is 4. The van der Waals surface area contributed by atoms with Crippen LogP contribution in [0.4, 0.5) is 5.69 Å². The molecular weight excluding hydrogens is 800 g/mol. The minimum Gasteiger partial charge on any atom is -0.480 e. The first-order valence-corrected chi connectivity index (χ1v) is 19.6. The molecule has 2 rings (SSSR count). The van der Waals surface area contributed by atoms with Crippen molar-refractivity contribution in [1.29, 1.82) is 0 Å². The Morgan fingerprint density at radius 3 is 1.59 bits per heavy atom. The molecule has 0 fully saturated rings. The van der Waals surface area contributed by atoms with Gasteiger partial charge in [-0.2, -0.15) is 0 Å². The van der Waals surface area contributed by atoms with Gasteiger partial charge in [0, 0.05) is 66.4 Å². The van der Waals surface area contributed by atoms with Crippen LogP contribution in [-0.2, 0) is 49.6 Å². The molecule has 0 radical (unpaired) electrons. The Bertz CT molecular complexity index is 1780. The summed E-state index contributed by atoms with van der Waals surface area (Å²) in [6.07, 6.45) is 3.04. The number of carbonyl (C=O) groups is 9. The van der Waals surface area contributed by atoms with Crippen LogP contribution in [0.15, 0.2) is 36.4 Å². The van der Waals surface area contributed by atoms with Crippen molar-refractivity contribution in [1.82, 2.24) is 24.9 Å². The maximum absolute atomic E-state index is 13.5. The van der Waals surface area contributed by atoms with Crippen LogP contribution >= 0.6 is 0 Å². The SMILES string of the molecule is CC(CNC(=O)C(C)(C)CC(C)(C)N1C(=O)C=CC1=O)CC(C)(C)C(=O)Nc1ccc(C[C@H](CN(CCN(CC(=O)O)CC(=O)O)CC(=O)O)N(CC(=O)O)CC(=O)O)cc1. The molecule has 1 aromatic carbocycles. The molecule has 1 heterocycles. The Kier molecular flexibility index (Phi) is 18.7. The molecule has 338 valence electrons. The first kappa shape index (κ1) is 51.4. The van der Waals surface area contributed by atoms with Gasteiger partial charge >= 0.3 is 29.8 Å². The number of amides is 4. The molecule has 0 bridgehead atoms. The maximum atomic E-state index is 13.5. The number of hydrogen-bond donors (Lipinski definition) is 7. The minimum atomic E-state index is -1.33. The molecule has 1 unspecified atom stereocenters. The molecule has 4 amide bonds. The molecule has 0 saturated heterocycles. The van der Waals surface area contributed by atoms with E-state index in [4.69, 9.17) is 0 Å². The van der Waals surface area contributed by atoms with Crippen LogP contribution in [0.25, 0.3) is 0 Å². The van der Waals surface area contributed by atoms with Crippen molar-refractivity contribution >= 4 is 59.2 Å². The lowest BCUT2D eigenvalue weighted by Gasteiger charge is -2.39. The highest BCUT2D eigenvalue weighted by molar-refractivity contribution is 6.13. The summed E-state index contributed by atoms with van der Waals surface area (Å²) in [5.74, 6) is -8.14. The highest BCUT2D eigenvalue weighted by atomic mass is 16.4. The number of hydrogen-bond acceptors (Lipinski definition) is 12. The predicted octanol–water partition coefficient (Wildman–Crippen LogP) is 1.15. The van der Waals surface area contributed by atoms with Gasteiger partial charge in [-0.25, -0.2) is 0 Å². The summed E-state index contributed by atoms with van der Waals surface area (Å²) in [5, 5.41) is 53.1. The second kappa shape index (κ2) is 22.2. The van der Waals surface area contributed by atoms with Gasteiger partial charge in [-0.15, -0.1) is 0 Å². The molecule has 1 aliphatic heterocycles. The number of anilines is 1. The lowest BCUT2D eigenvalue weighted by atomic mass is 9.78. The number of rotatable bonds is 28. The Morgan fingerprint density at radius 2 is 1.11 bits per heavy atom. The highest BCUT2D eigenvalue weighted by Gasteiger charge is 2.43. The van der Waals surface area contributed by atoms with Crippen molar-refractivity contribution < 1.29 is 68.7 Å². The third kappa shape index (κ3) is 17.4. The van der Waals surface area contributed by atoms with Crippen molar-refractivity contribution in [3.05, 3.63) is 42.0 Å². The van der Waals surface area contributed by atoms with Crippen LogP contribution in [0.2, 0.25) is 0 Å². The summed E-state index contributed by atoms with van der Waals surface area (Å²) in [5.41, 5.74) is -1.76. The number of imide groups is 1. The zero-order valence-electron chi connectivity index (χ0n) is 35.8. The molecule has 0 spiro atoms. The van der Waals surface area contributed by atoms with Gasteiger partial charge in [0.1, 0.15) is 0 Å². The van der Waals surface area contributed by atoms with Crippen LogP contribution < -0.4 is 10.6 Å². The normalized spacial score (nSPS) is 14.4. The number of aliphatic carboxylic acids is 5. The van der Waals surface area contributed by atoms with E-state index in [2.05, 4.69) is 10.6 Å². The minimum absolute atomic E-state index is 0.0353. The molecule has 20 heteroatoms. The number of nitrogens with one attached hydrogen (secondary N) is 2. The Labute approximate surface area is 354 Å². The molecule has 0 aromatic heterocycles. The smallest absolute Gasteiger partial charge is 0.317 e. The molecule has 7 N–H and O–H groups in total. The van der Waals surface area contributed by atoms with Crippen LogP contribution in [0.1, 0.15) is 66.9 Å². The van der Waals surface area contributed by atoms with Gasteiger partial charge in [0.05, 0.1) is 32.7 Å². The quantitative estimate of drug-likeness (QED) is 0.0582. The summed E-state index contributed by atoms with van der Waals surface area (Å²) in [6.45, 7) is 8.84. The van der Waals surface area contributed by atoms with Gasteiger partial charge in [0.25, 0.3) is 11.8 Å². The van der Waals surface area contributed by atoms with Gasteiger partial charge in [0.15, 0.2) is 0 Å². The monoisotopic (exact) mass is 860 g/mol. The van der Waals surface area contributed by atoms with E-state index in [-0.39, 0.29) is 56.8 Å². The second-order valence-electron chi connectivity index (χ2n) is 17.4. The van der Waals surface area contributed by atoms with Crippen molar-refractivity contribution in [2.24, 2.45) is 16.7 Å². The standard InChI is InChI=1S/C41H60N6O14/c1-26(18-42-37(60)40(4,5)25-41(6,7)47-30(48)12-13-31(47)49)17-39(2,3)38(61)43-28-10-8-27(9-11-28)16-29(46(23-35(56)57)24-36(58)59)19-44(20-32(50)51)14-15-45(21-33(52)53)22-34(54)55/h8-13,26,29H,14-25H2,1-7H3,(H,42,60)(H,43,61)(H,50,51)(H,52,53)(H,54,55)(H,56,57)(H,58,59)/t26?,29-/m1/s1. The first-order chi connectivity index (χ1) is 28.1. The van der Waals surface area contributed by atoms with E-state index in [1.54, 1.807) is 65.8 Å². The average molecular weight is 861 g/mol. The third-order valence-electron chi connectivity index (χ3n) is 10.1. The molecule has 1 aromatic rings. The average Bonchev–Trinajstić information content (AvgIpc) is 3.45. The van der Waals surface area contributed by atoms with Gasteiger partial charge in [-0.05, 0) is 56.7 Å². The second-order valence-corrected chi connectivity index (χ2v) is 17.4. The Balaban J connectivity index is 2.15. The fourth-order valence-electron chi connectivity index (χ4n) is 7.65. The van der Waals surface area contributed by atoms with Crippen LogP contribution in [0, 0.1) is 16.7 Å². The van der Waals surface area contributed by atoms with Crippen molar-refractivity contribution in [3.63, 3.8) is 0 Å². The third-order valence-corrected chi connectivity index (χ3v) is 10.1. The molecule has 0 saturated carbocycles.